The van der Waals surface area contributed by atoms with Crippen LogP contribution in [0.3, 0.4) is 0 Å². The SMILES string of the molecule is COCC(=O)NC1CCC(Nc2cc(-c3ccc(F)c(NCC45CCOCC4C5)n3)c(Cl)cn2)CC1. The summed E-state index contributed by atoms with van der Waals surface area (Å²) in [5.41, 5.74) is 1.50. The molecule has 2 aromatic heterocycles. The maximum Gasteiger partial charge on any atom is 0.246 e. The smallest absolute Gasteiger partial charge is 0.246 e. The van der Waals surface area contributed by atoms with E-state index in [2.05, 4.69) is 25.9 Å². The molecule has 36 heavy (non-hydrogen) atoms. The molecule has 2 atom stereocenters. The highest BCUT2D eigenvalue weighted by Crippen LogP contribution is 2.57. The lowest BCUT2D eigenvalue weighted by atomic mass is 9.91. The number of nitrogens with zero attached hydrogens (tertiary/aromatic N) is 2. The lowest BCUT2D eigenvalue weighted by Gasteiger charge is -2.30. The maximum absolute atomic E-state index is 14.6. The molecule has 3 N–H and O–H groups in total. The second-order valence-electron chi connectivity index (χ2n) is 10.2. The Morgan fingerprint density at radius 3 is 2.86 bits per heavy atom. The third-order valence-electron chi connectivity index (χ3n) is 7.73. The standard InChI is InChI=1S/C26H33ClFN5O3/c1-35-14-24(34)32-18-4-2-17(3-5-18)31-23-10-19(20(27)12-29-23)22-7-6-21(28)25(33-22)30-15-26-8-9-36-13-16(26)11-26/h6-7,10,12,16-18H,2-5,8-9,11,13-15H2,1H3,(H,29,31)(H,30,33)(H,32,34). The van der Waals surface area contributed by atoms with Crippen LogP contribution in [0.15, 0.2) is 24.4 Å². The van der Waals surface area contributed by atoms with Crippen molar-refractivity contribution in [2.45, 2.75) is 50.6 Å². The van der Waals surface area contributed by atoms with Crippen LogP contribution < -0.4 is 16.0 Å². The van der Waals surface area contributed by atoms with E-state index in [1.54, 1.807) is 12.3 Å². The number of pyridine rings is 2. The van der Waals surface area contributed by atoms with E-state index in [0.717, 1.165) is 51.7 Å². The topological polar surface area (TPSA) is 97.4 Å². The van der Waals surface area contributed by atoms with Crippen molar-refractivity contribution in [2.75, 3.05) is 44.1 Å². The van der Waals surface area contributed by atoms with Crippen molar-refractivity contribution in [2.24, 2.45) is 11.3 Å². The third-order valence-corrected chi connectivity index (χ3v) is 8.03. The van der Waals surface area contributed by atoms with E-state index in [9.17, 15) is 9.18 Å². The molecule has 2 saturated carbocycles. The molecule has 3 aliphatic rings. The molecule has 2 aromatic rings. The van der Waals surface area contributed by atoms with Crippen molar-refractivity contribution in [3.8, 4) is 11.3 Å². The minimum atomic E-state index is -0.378. The Morgan fingerprint density at radius 2 is 2.08 bits per heavy atom. The van der Waals surface area contributed by atoms with Crippen LogP contribution in [0.1, 0.15) is 38.5 Å². The predicted octanol–water partition coefficient (Wildman–Crippen LogP) is 4.26. The van der Waals surface area contributed by atoms with E-state index < -0.39 is 0 Å². The van der Waals surface area contributed by atoms with Crippen molar-refractivity contribution in [1.82, 2.24) is 15.3 Å². The average Bonchev–Trinajstić information content (AvgIpc) is 3.61. The van der Waals surface area contributed by atoms with E-state index >= 15 is 0 Å². The molecular formula is C26H33ClFN5O3. The third kappa shape index (κ3) is 5.74. The summed E-state index contributed by atoms with van der Waals surface area (Å²) in [6.45, 7) is 2.34. The monoisotopic (exact) mass is 517 g/mol. The minimum Gasteiger partial charge on any atom is -0.381 e. The van der Waals surface area contributed by atoms with Crippen molar-refractivity contribution in [3.05, 3.63) is 35.2 Å². The van der Waals surface area contributed by atoms with Gasteiger partial charge in [0.15, 0.2) is 11.6 Å². The zero-order valence-electron chi connectivity index (χ0n) is 20.5. The van der Waals surface area contributed by atoms with Crippen molar-refractivity contribution < 1.29 is 18.7 Å². The van der Waals surface area contributed by atoms with Gasteiger partial charge in [-0.3, -0.25) is 4.79 Å². The van der Waals surface area contributed by atoms with Gasteiger partial charge in [0.05, 0.1) is 10.7 Å². The average molecular weight is 518 g/mol. The van der Waals surface area contributed by atoms with E-state index in [-0.39, 0.29) is 41.6 Å². The van der Waals surface area contributed by atoms with Crippen LogP contribution >= 0.6 is 11.6 Å². The first-order valence-electron chi connectivity index (χ1n) is 12.6. The number of ether oxygens (including phenoxy) is 2. The van der Waals surface area contributed by atoms with Crippen LogP contribution in [-0.4, -0.2) is 61.4 Å². The number of rotatable bonds is 9. The number of amides is 1. The molecule has 3 heterocycles. The first-order chi connectivity index (χ1) is 17.5. The molecule has 1 aliphatic heterocycles. The van der Waals surface area contributed by atoms with Crippen molar-refractivity contribution in [1.29, 1.82) is 0 Å². The Morgan fingerprint density at radius 1 is 1.28 bits per heavy atom. The van der Waals surface area contributed by atoms with Crippen LogP contribution in [0, 0.1) is 17.2 Å². The lowest BCUT2D eigenvalue weighted by Crippen LogP contribution is -2.41. The first kappa shape index (κ1) is 25.2. The highest BCUT2D eigenvalue weighted by atomic mass is 35.5. The maximum atomic E-state index is 14.6. The van der Waals surface area contributed by atoms with E-state index in [4.69, 9.17) is 21.1 Å². The Hall–Kier alpha value is -2.49. The second-order valence-corrected chi connectivity index (χ2v) is 10.6. The fraction of sp³-hybridized carbons (Fsp3) is 0.577. The van der Waals surface area contributed by atoms with E-state index in [1.807, 2.05) is 6.07 Å². The number of methoxy groups -OCH3 is 1. The molecule has 0 spiro atoms. The first-order valence-corrected chi connectivity index (χ1v) is 13.0. The Kier molecular flexibility index (Phi) is 7.60. The molecule has 2 aliphatic carbocycles. The molecule has 0 aromatic carbocycles. The van der Waals surface area contributed by atoms with Gasteiger partial charge in [0, 0.05) is 50.7 Å². The summed E-state index contributed by atoms with van der Waals surface area (Å²) in [6, 6.07) is 5.35. The van der Waals surface area contributed by atoms with Crippen LogP contribution in [0.2, 0.25) is 5.02 Å². The number of hydrogen-bond donors (Lipinski definition) is 3. The van der Waals surface area contributed by atoms with Gasteiger partial charge in [0.1, 0.15) is 12.4 Å². The van der Waals surface area contributed by atoms with E-state index in [1.165, 1.54) is 13.2 Å². The molecule has 1 amide bonds. The second kappa shape index (κ2) is 10.9. The Labute approximate surface area is 215 Å². The van der Waals surface area contributed by atoms with Crippen LogP contribution in [0.5, 0.6) is 0 Å². The Bertz CT molecular complexity index is 1100. The number of carbonyl (C=O) groups excluding carboxylic acids is 1. The fourth-order valence-corrected chi connectivity index (χ4v) is 5.66. The number of aromatic nitrogens is 2. The molecule has 2 unspecified atom stereocenters. The molecule has 1 saturated heterocycles. The lowest BCUT2D eigenvalue weighted by molar-refractivity contribution is -0.125. The molecule has 5 rings (SSSR count). The largest absolute Gasteiger partial charge is 0.381 e. The summed E-state index contributed by atoms with van der Waals surface area (Å²) in [7, 11) is 1.52. The molecule has 0 radical (unpaired) electrons. The molecule has 3 fully saturated rings. The summed E-state index contributed by atoms with van der Waals surface area (Å²) in [5.74, 6) is 1.05. The zero-order valence-corrected chi connectivity index (χ0v) is 21.2. The number of nitrogens with one attached hydrogen (secondary N) is 3. The molecule has 8 nitrogen and oxygen atoms in total. The van der Waals surface area contributed by atoms with Gasteiger partial charge in [0.25, 0.3) is 0 Å². The van der Waals surface area contributed by atoms with Gasteiger partial charge in [-0.2, -0.15) is 0 Å². The number of anilines is 2. The zero-order chi connectivity index (χ0) is 25.1. The van der Waals surface area contributed by atoms with E-state index in [0.29, 0.717) is 34.6 Å². The van der Waals surface area contributed by atoms with Gasteiger partial charge >= 0.3 is 0 Å². The van der Waals surface area contributed by atoms with Crippen LogP contribution in [-0.2, 0) is 14.3 Å². The summed E-state index contributed by atoms with van der Waals surface area (Å²) < 4.78 is 25.0. The number of hydrogen-bond acceptors (Lipinski definition) is 7. The number of carbonyl (C=O) groups is 1. The normalized spacial score (nSPS) is 27.1. The van der Waals surface area contributed by atoms with Gasteiger partial charge in [-0.05, 0) is 68.1 Å². The van der Waals surface area contributed by atoms with Crippen molar-refractivity contribution in [3.63, 3.8) is 0 Å². The quantitative estimate of drug-likeness (QED) is 0.457. The predicted molar refractivity (Wildman–Crippen MR) is 137 cm³/mol. The van der Waals surface area contributed by atoms with Crippen LogP contribution in [0.4, 0.5) is 16.0 Å². The van der Waals surface area contributed by atoms with Gasteiger partial charge in [-0.25, -0.2) is 14.4 Å². The van der Waals surface area contributed by atoms with Crippen molar-refractivity contribution >= 4 is 29.1 Å². The number of fused-ring (bicyclic) bond motifs is 1. The van der Waals surface area contributed by atoms with Crippen LogP contribution in [0.25, 0.3) is 11.3 Å². The molecule has 0 bridgehead atoms. The molecule has 10 heteroatoms. The highest BCUT2D eigenvalue weighted by molar-refractivity contribution is 6.33. The van der Waals surface area contributed by atoms with Gasteiger partial charge in [-0.1, -0.05) is 11.6 Å². The highest BCUT2D eigenvalue weighted by Gasteiger charge is 2.55. The fourth-order valence-electron chi connectivity index (χ4n) is 5.46. The summed E-state index contributed by atoms with van der Waals surface area (Å²) in [4.78, 5) is 20.8. The van der Waals surface area contributed by atoms with Gasteiger partial charge < -0.3 is 25.4 Å². The summed E-state index contributed by atoms with van der Waals surface area (Å²) in [5, 5.41) is 10.2. The summed E-state index contributed by atoms with van der Waals surface area (Å²) in [6.07, 6.45) is 7.31. The minimum absolute atomic E-state index is 0.0806. The molecule has 194 valence electrons. The van der Waals surface area contributed by atoms with Gasteiger partial charge in [-0.15, -0.1) is 0 Å². The summed E-state index contributed by atoms with van der Waals surface area (Å²) >= 11 is 6.48. The Balaban J connectivity index is 1.22. The number of halogens is 2. The molecular weight excluding hydrogens is 485 g/mol. The van der Waals surface area contributed by atoms with Gasteiger partial charge in [0.2, 0.25) is 5.91 Å².